The van der Waals surface area contributed by atoms with Gasteiger partial charge in [0.05, 0.1) is 17.3 Å². The maximum absolute atomic E-state index is 9.31. The zero-order chi connectivity index (χ0) is 9.28. The fourth-order valence-corrected chi connectivity index (χ4v) is 0.723. The predicted octanol–water partition coefficient (Wildman–Crippen LogP) is 0.279. The number of aliphatic hydroxyl groups excluding tert-OH is 1. The summed E-state index contributed by atoms with van der Waals surface area (Å²) in [7, 11) is 0. The zero-order valence-corrected chi connectivity index (χ0v) is 7.63. The summed E-state index contributed by atoms with van der Waals surface area (Å²) in [6.07, 6.45) is -0.709. The van der Waals surface area contributed by atoms with Gasteiger partial charge in [0.1, 0.15) is 0 Å². The summed E-state index contributed by atoms with van der Waals surface area (Å²) in [5.74, 6) is 0. The molecule has 3 nitrogen and oxygen atoms in total. The van der Waals surface area contributed by atoms with Gasteiger partial charge in [-0.05, 0) is 27.7 Å². The molecule has 0 saturated heterocycles. The fourth-order valence-electron chi connectivity index (χ4n) is 0.723. The zero-order valence-electron chi connectivity index (χ0n) is 7.63. The summed E-state index contributed by atoms with van der Waals surface area (Å²) in [4.78, 5) is 0. The van der Waals surface area contributed by atoms with Gasteiger partial charge in [-0.15, -0.1) is 0 Å². The van der Waals surface area contributed by atoms with E-state index in [1.165, 1.54) is 13.8 Å². The third-order valence-electron chi connectivity index (χ3n) is 1.51. The van der Waals surface area contributed by atoms with Gasteiger partial charge in [0.25, 0.3) is 0 Å². The Morgan fingerprint density at radius 3 is 1.55 bits per heavy atom. The van der Waals surface area contributed by atoms with Crippen LogP contribution in [-0.4, -0.2) is 32.6 Å². The number of hydrogen-bond acceptors (Lipinski definition) is 3. The molecule has 0 aromatic rings. The average Bonchev–Trinajstić information content (AvgIpc) is 1.56. The molecule has 0 spiro atoms. The van der Waals surface area contributed by atoms with Crippen LogP contribution in [0.1, 0.15) is 34.1 Å². The monoisotopic (exact) mass is 162 g/mol. The Bertz CT molecular complexity index is 118. The Balaban J connectivity index is 3.99. The van der Waals surface area contributed by atoms with Crippen molar-refractivity contribution in [2.24, 2.45) is 0 Å². The SMILES string of the molecule is CC(C)(O)CC(O)C(C)(C)O. The number of aliphatic hydroxyl groups is 3. The summed E-state index contributed by atoms with van der Waals surface area (Å²) in [5, 5.41) is 27.9. The molecule has 0 rings (SSSR count). The molecule has 0 fully saturated rings. The molecule has 0 heterocycles. The second-order valence-electron chi connectivity index (χ2n) is 4.19. The molecule has 1 atom stereocenters. The van der Waals surface area contributed by atoms with Crippen LogP contribution in [0, 0.1) is 0 Å². The van der Waals surface area contributed by atoms with Crippen molar-refractivity contribution in [1.29, 1.82) is 0 Å². The molecule has 68 valence electrons. The van der Waals surface area contributed by atoms with Gasteiger partial charge < -0.3 is 15.3 Å². The summed E-state index contributed by atoms with van der Waals surface area (Å²) in [6, 6.07) is 0. The molecular weight excluding hydrogens is 144 g/mol. The van der Waals surface area contributed by atoms with E-state index >= 15 is 0 Å². The van der Waals surface area contributed by atoms with Crippen LogP contribution in [0.25, 0.3) is 0 Å². The van der Waals surface area contributed by atoms with E-state index < -0.39 is 17.3 Å². The normalized spacial score (nSPS) is 16.6. The van der Waals surface area contributed by atoms with E-state index in [1.54, 1.807) is 13.8 Å². The van der Waals surface area contributed by atoms with Gasteiger partial charge in [-0.1, -0.05) is 0 Å². The minimum atomic E-state index is -1.14. The first kappa shape index (κ1) is 10.9. The van der Waals surface area contributed by atoms with Crippen LogP contribution in [0.2, 0.25) is 0 Å². The highest BCUT2D eigenvalue weighted by Crippen LogP contribution is 2.18. The van der Waals surface area contributed by atoms with Crippen molar-refractivity contribution in [3.8, 4) is 0 Å². The Hall–Kier alpha value is -0.120. The molecule has 0 bridgehead atoms. The van der Waals surface area contributed by atoms with Crippen molar-refractivity contribution in [2.75, 3.05) is 0 Å². The molecule has 0 aromatic carbocycles. The van der Waals surface area contributed by atoms with Crippen LogP contribution < -0.4 is 0 Å². The summed E-state index contributed by atoms with van der Waals surface area (Å²) in [5.41, 5.74) is -2.07. The molecule has 0 aromatic heterocycles. The van der Waals surface area contributed by atoms with Crippen molar-refractivity contribution in [3.63, 3.8) is 0 Å². The molecule has 0 aliphatic carbocycles. The second kappa shape index (κ2) is 3.09. The van der Waals surface area contributed by atoms with Crippen LogP contribution in [-0.2, 0) is 0 Å². The third kappa shape index (κ3) is 5.18. The topological polar surface area (TPSA) is 60.7 Å². The molecule has 1 unspecified atom stereocenters. The number of rotatable bonds is 3. The first-order chi connectivity index (χ1) is 4.63. The minimum Gasteiger partial charge on any atom is -0.390 e. The lowest BCUT2D eigenvalue weighted by Gasteiger charge is -2.29. The van der Waals surface area contributed by atoms with E-state index in [4.69, 9.17) is 0 Å². The molecular formula is C8H18O3. The maximum atomic E-state index is 9.31. The molecule has 0 aliphatic heterocycles. The minimum absolute atomic E-state index is 0.177. The van der Waals surface area contributed by atoms with Gasteiger partial charge >= 0.3 is 0 Å². The van der Waals surface area contributed by atoms with Gasteiger partial charge in [-0.2, -0.15) is 0 Å². The van der Waals surface area contributed by atoms with Crippen molar-refractivity contribution in [3.05, 3.63) is 0 Å². The molecule has 0 aliphatic rings. The lowest BCUT2D eigenvalue weighted by atomic mass is 9.91. The van der Waals surface area contributed by atoms with Gasteiger partial charge in [0.15, 0.2) is 0 Å². The first-order valence-electron chi connectivity index (χ1n) is 3.76. The molecule has 0 radical (unpaired) electrons. The number of hydrogen-bond donors (Lipinski definition) is 3. The standard InChI is InChI=1S/C8H18O3/c1-7(2,10)5-6(9)8(3,4)11/h6,9-11H,5H2,1-4H3. The molecule has 0 amide bonds. The third-order valence-corrected chi connectivity index (χ3v) is 1.51. The van der Waals surface area contributed by atoms with E-state index in [0.29, 0.717) is 0 Å². The highest BCUT2D eigenvalue weighted by Gasteiger charge is 2.29. The van der Waals surface area contributed by atoms with Gasteiger partial charge in [-0.3, -0.25) is 0 Å². The largest absolute Gasteiger partial charge is 0.390 e. The molecule has 3 N–H and O–H groups in total. The van der Waals surface area contributed by atoms with E-state index in [2.05, 4.69) is 0 Å². The Kier molecular flexibility index (Phi) is 3.06. The average molecular weight is 162 g/mol. The van der Waals surface area contributed by atoms with Crippen LogP contribution in [0.5, 0.6) is 0 Å². The van der Waals surface area contributed by atoms with Crippen LogP contribution in [0.4, 0.5) is 0 Å². The second-order valence-corrected chi connectivity index (χ2v) is 4.19. The van der Waals surface area contributed by atoms with E-state index in [0.717, 1.165) is 0 Å². The lowest BCUT2D eigenvalue weighted by molar-refractivity contribution is -0.0840. The maximum Gasteiger partial charge on any atom is 0.0850 e. The van der Waals surface area contributed by atoms with Crippen LogP contribution >= 0.6 is 0 Å². The molecule has 0 saturated carbocycles. The van der Waals surface area contributed by atoms with Gasteiger partial charge in [0, 0.05) is 6.42 Å². The van der Waals surface area contributed by atoms with Crippen molar-refractivity contribution < 1.29 is 15.3 Å². The summed E-state index contributed by atoms with van der Waals surface area (Å²) in [6.45, 7) is 6.23. The fraction of sp³-hybridized carbons (Fsp3) is 1.00. The van der Waals surface area contributed by atoms with Crippen molar-refractivity contribution >= 4 is 0 Å². The first-order valence-corrected chi connectivity index (χ1v) is 3.76. The lowest BCUT2D eigenvalue weighted by Crippen LogP contribution is -2.41. The van der Waals surface area contributed by atoms with Crippen LogP contribution in [0.3, 0.4) is 0 Å². The summed E-state index contributed by atoms with van der Waals surface area (Å²) < 4.78 is 0. The van der Waals surface area contributed by atoms with Crippen LogP contribution in [0.15, 0.2) is 0 Å². The Labute approximate surface area is 67.7 Å². The Morgan fingerprint density at radius 1 is 1.09 bits per heavy atom. The Morgan fingerprint density at radius 2 is 1.45 bits per heavy atom. The van der Waals surface area contributed by atoms with E-state index in [1.807, 2.05) is 0 Å². The smallest absolute Gasteiger partial charge is 0.0850 e. The van der Waals surface area contributed by atoms with E-state index in [9.17, 15) is 15.3 Å². The molecule has 3 heteroatoms. The van der Waals surface area contributed by atoms with Crippen molar-refractivity contribution in [2.45, 2.75) is 51.4 Å². The molecule has 11 heavy (non-hydrogen) atoms. The summed E-state index contributed by atoms with van der Waals surface area (Å²) >= 11 is 0. The highest BCUT2D eigenvalue weighted by molar-refractivity contribution is 4.82. The highest BCUT2D eigenvalue weighted by atomic mass is 16.3. The predicted molar refractivity (Wildman–Crippen MR) is 43.2 cm³/mol. The van der Waals surface area contributed by atoms with Crippen molar-refractivity contribution in [1.82, 2.24) is 0 Å². The van der Waals surface area contributed by atoms with E-state index in [-0.39, 0.29) is 6.42 Å². The van der Waals surface area contributed by atoms with Gasteiger partial charge in [0.2, 0.25) is 0 Å². The van der Waals surface area contributed by atoms with Gasteiger partial charge in [-0.25, -0.2) is 0 Å². The quantitative estimate of drug-likeness (QED) is 0.558.